The highest BCUT2D eigenvalue weighted by Gasteiger charge is 2.17. The lowest BCUT2D eigenvalue weighted by atomic mass is 10.0. The van der Waals surface area contributed by atoms with Crippen LogP contribution in [0.3, 0.4) is 0 Å². The Balaban J connectivity index is 1.64. The lowest BCUT2D eigenvalue weighted by Gasteiger charge is -2.16. The molecule has 5 aromatic rings. The normalized spacial score (nSPS) is 11.8. The van der Waals surface area contributed by atoms with E-state index >= 15 is 0 Å². The lowest BCUT2D eigenvalue weighted by Crippen LogP contribution is -2.29. The first-order valence-electron chi connectivity index (χ1n) is 9.81. The monoisotopic (exact) mass is 395 g/mol. The minimum atomic E-state index is 1.24. The van der Waals surface area contributed by atoms with Crippen molar-refractivity contribution in [2.45, 2.75) is 0 Å². The second-order valence-corrected chi connectivity index (χ2v) is 8.64. The Hall–Kier alpha value is -3.17. The highest BCUT2D eigenvalue weighted by molar-refractivity contribution is 7.19. The molecule has 0 radical (unpaired) electrons. The zero-order valence-corrected chi connectivity index (χ0v) is 17.7. The molecule has 0 amide bonds. The molecule has 0 atom stereocenters. The second kappa shape index (κ2) is 7.02. The van der Waals surface area contributed by atoms with Gasteiger partial charge in [-0.25, -0.2) is 0 Å². The number of thiazole rings is 1. The SMILES string of the molecule is CN(C)c1ccc(/C=C/c2sc3ccc4ccccc4c3[n+]2C)c2ccccc12. The zero-order valence-electron chi connectivity index (χ0n) is 16.9. The minimum absolute atomic E-state index is 1.24. The minimum Gasteiger partial charge on any atom is -0.377 e. The van der Waals surface area contributed by atoms with E-state index in [0.717, 1.165) is 0 Å². The molecular weight excluding hydrogens is 372 g/mol. The van der Waals surface area contributed by atoms with Crippen molar-refractivity contribution in [3.63, 3.8) is 0 Å². The second-order valence-electron chi connectivity index (χ2n) is 7.58. The van der Waals surface area contributed by atoms with E-state index in [1.165, 1.54) is 48.0 Å². The summed E-state index contributed by atoms with van der Waals surface area (Å²) < 4.78 is 3.63. The fourth-order valence-electron chi connectivity index (χ4n) is 4.10. The average Bonchev–Trinajstić information content (AvgIpc) is 3.07. The smallest absolute Gasteiger partial charge is 0.262 e. The third-order valence-corrected chi connectivity index (χ3v) is 6.73. The third-order valence-electron chi connectivity index (χ3n) is 5.57. The molecule has 0 saturated heterocycles. The van der Waals surface area contributed by atoms with E-state index in [-0.39, 0.29) is 0 Å². The molecule has 2 nitrogen and oxygen atoms in total. The van der Waals surface area contributed by atoms with Crippen LogP contribution in [0.4, 0.5) is 5.69 Å². The number of aromatic nitrogens is 1. The van der Waals surface area contributed by atoms with Crippen molar-refractivity contribution in [2.75, 3.05) is 19.0 Å². The Morgan fingerprint density at radius 1 is 0.759 bits per heavy atom. The van der Waals surface area contributed by atoms with Crippen molar-refractivity contribution in [3.8, 4) is 0 Å². The molecule has 29 heavy (non-hydrogen) atoms. The van der Waals surface area contributed by atoms with E-state index in [0.29, 0.717) is 0 Å². The van der Waals surface area contributed by atoms with E-state index in [9.17, 15) is 0 Å². The first kappa shape index (κ1) is 17.9. The van der Waals surface area contributed by atoms with Crippen LogP contribution in [0.1, 0.15) is 10.6 Å². The summed E-state index contributed by atoms with van der Waals surface area (Å²) in [4.78, 5) is 2.17. The molecule has 1 heterocycles. The lowest BCUT2D eigenvalue weighted by molar-refractivity contribution is -0.641. The standard InChI is InChI=1S/C26H23N2S/c1-27(2)23-15-12-19(20-9-6-7-11-22(20)23)14-17-25-28(3)26-21-10-5-4-8-18(21)13-16-24(26)29-25/h4-17H,1-3H3/q+1. The van der Waals surface area contributed by atoms with Crippen LogP contribution in [0.25, 0.3) is 43.9 Å². The van der Waals surface area contributed by atoms with Crippen LogP contribution in [0.15, 0.2) is 72.8 Å². The van der Waals surface area contributed by atoms with Gasteiger partial charge in [0.15, 0.2) is 0 Å². The van der Waals surface area contributed by atoms with Crippen LogP contribution in [0.2, 0.25) is 0 Å². The van der Waals surface area contributed by atoms with Crippen molar-refractivity contribution in [2.24, 2.45) is 7.05 Å². The molecule has 4 aromatic carbocycles. The van der Waals surface area contributed by atoms with Gasteiger partial charge in [0.2, 0.25) is 5.52 Å². The molecule has 142 valence electrons. The van der Waals surface area contributed by atoms with Crippen LogP contribution in [0.5, 0.6) is 0 Å². The van der Waals surface area contributed by atoms with Crippen LogP contribution in [0, 0.1) is 0 Å². The van der Waals surface area contributed by atoms with Gasteiger partial charge in [0.05, 0.1) is 5.39 Å². The Morgan fingerprint density at radius 3 is 2.28 bits per heavy atom. The molecule has 1 aromatic heterocycles. The predicted molar refractivity (Wildman–Crippen MR) is 128 cm³/mol. The molecule has 5 rings (SSSR count). The molecule has 3 heteroatoms. The topological polar surface area (TPSA) is 7.12 Å². The maximum atomic E-state index is 2.31. The highest BCUT2D eigenvalue weighted by atomic mass is 32.1. The Morgan fingerprint density at radius 2 is 1.48 bits per heavy atom. The van der Waals surface area contributed by atoms with Crippen LogP contribution < -0.4 is 9.47 Å². The van der Waals surface area contributed by atoms with Gasteiger partial charge in [0.25, 0.3) is 5.01 Å². The number of rotatable bonds is 3. The van der Waals surface area contributed by atoms with Gasteiger partial charge in [0.1, 0.15) is 11.7 Å². The fraction of sp³-hybridized carbons (Fsp3) is 0.115. The first-order chi connectivity index (χ1) is 14.1. The van der Waals surface area contributed by atoms with E-state index in [1.807, 2.05) is 11.3 Å². The van der Waals surface area contributed by atoms with Gasteiger partial charge in [-0.2, -0.15) is 4.57 Å². The van der Waals surface area contributed by atoms with Gasteiger partial charge in [-0.05, 0) is 40.6 Å². The predicted octanol–water partition coefficient (Wildman–Crippen LogP) is 6.27. The van der Waals surface area contributed by atoms with Crippen molar-refractivity contribution in [3.05, 3.63) is 83.4 Å². The number of nitrogens with zero attached hydrogens (tertiary/aromatic N) is 2. The van der Waals surface area contributed by atoms with E-state index in [4.69, 9.17) is 0 Å². The zero-order chi connectivity index (χ0) is 20.0. The summed E-state index contributed by atoms with van der Waals surface area (Å²) in [5.74, 6) is 0. The molecular formula is C26H23N2S+. The number of benzene rings is 4. The van der Waals surface area contributed by atoms with E-state index in [1.54, 1.807) is 0 Å². The summed E-state index contributed by atoms with van der Waals surface area (Å²) in [6.07, 6.45) is 4.49. The van der Waals surface area contributed by atoms with Crippen LogP contribution in [-0.2, 0) is 7.05 Å². The molecule has 0 aliphatic carbocycles. The molecule has 0 saturated carbocycles. The first-order valence-corrected chi connectivity index (χ1v) is 10.6. The molecule has 0 aliphatic rings. The molecule has 0 bridgehead atoms. The van der Waals surface area contributed by atoms with E-state index in [2.05, 4.69) is 116 Å². The summed E-state index contributed by atoms with van der Waals surface area (Å²) in [5, 5.41) is 6.41. The van der Waals surface area contributed by atoms with Gasteiger partial charge >= 0.3 is 0 Å². The average molecular weight is 396 g/mol. The van der Waals surface area contributed by atoms with Gasteiger partial charge in [-0.1, -0.05) is 65.9 Å². The summed E-state index contributed by atoms with van der Waals surface area (Å²) in [7, 11) is 6.36. The maximum Gasteiger partial charge on any atom is 0.262 e. The van der Waals surface area contributed by atoms with Crippen molar-refractivity contribution in [1.82, 2.24) is 0 Å². The molecule has 0 aliphatic heterocycles. The number of hydrogen-bond acceptors (Lipinski definition) is 2. The van der Waals surface area contributed by atoms with Crippen LogP contribution in [-0.4, -0.2) is 14.1 Å². The highest BCUT2D eigenvalue weighted by Crippen LogP contribution is 2.31. The number of aryl methyl sites for hydroxylation is 1. The van der Waals surface area contributed by atoms with Crippen molar-refractivity contribution >= 4 is 60.9 Å². The summed E-state index contributed by atoms with van der Waals surface area (Å²) in [6.45, 7) is 0. The molecule has 0 fully saturated rings. The molecule has 0 unspecified atom stereocenters. The molecule has 0 N–H and O–H groups in total. The number of anilines is 1. The molecule has 0 spiro atoms. The summed E-state index contributed by atoms with van der Waals surface area (Å²) in [5.41, 5.74) is 3.80. The largest absolute Gasteiger partial charge is 0.377 e. The van der Waals surface area contributed by atoms with Crippen molar-refractivity contribution in [1.29, 1.82) is 0 Å². The number of fused-ring (bicyclic) bond motifs is 4. The Kier molecular flexibility index (Phi) is 4.33. The summed E-state index contributed by atoms with van der Waals surface area (Å²) in [6, 6.07) is 26.1. The van der Waals surface area contributed by atoms with Gasteiger partial charge in [-0.3, -0.25) is 0 Å². The Labute approximate surface area is 174 Å². The fourth-order valence-corrected chi connectivity index (χ4v) is 5.17. The van der Waals surface area contributed by atoms with Gasteiger partial charge in [0, 0.05) is 31.2 Å². The van der Waals surface area contributed by atoms with Crippen LogP contribution >= 0.6 is 11.3 Å². The quantitative estimate of drug-likeness (QED) is 0.327. The maximum absolute atomic E-state index is 2.31. The summed E-state index contributed by atoms with van der Waals surface area (Å²) >= 11 is 1.84. The van der Waals surface area contributed by atoms with Gasteiger partial charge in [-0.15, -0.1) is 0 Å². The Bertz CT molecular complexity index is 1390. The van der Waals surface area contributed by atoms with Crippen molar-refractivity contribution < 1.29 is 4.57 Å². The third kappa shape index (κ3) is 2.99. The number of hydrogen-bond donors (Lipinski definition) is 0. The van der Waals surface area contributed by atoms with Gasteiger partial charge < -0.3 is 4.90 Å². The van der Waals surface area contributed by atoms with E-state index < -0.39 is 0 Å².